The molecule has 0 radical (unpaired) electrons. The summed E-state index contributed by atoms with van der Waals surface area (Å²) in [6.45, 7) is 3.52. The first-order valence-corrected chi connectivity index (χ1v) is 6.04. The van der Waals surface area contributed by atoms with E-state index in [0.717, 1.165) is 4.68 Å². The predicted octanol–water partition coefficient (Wildman–Crippen LogP) is 2.39. The molecule has 1 aliphatic heterocycles. The van der Waals surface area contributed by atoms with E-state index in [0.29, 0.717) is 22.5 Å². The second kappa shape index (κ2) is 3.64. The zero-order chi connectivity index (χ0) is 13.9. The van der Waals surface area contributed by atoms with Gasteiger partial charge in [0.1, 0.15) is 5.82 Å². The maximum absolute atomic E-state index is 13.1. The summed E-state index contributed by atoms with van der Waals surface area (Å²) in [6, 6.07) is -1.83. The summed E-state index contributed by atoms with van der Waals surface area (Å²) >= 11 is 0. The molecular formula is C11H14F3N5. The predicted molar refractivity (Wildman–Crippen MR) is 64.0 cm³/mol. The molecule has 3 heterocycles. The van der Waals surface area contributed by atoms with E-state index in [1.54, 1.807) is 20.9 Å². The Balaban J connectivity index is 2.26. The Hall–Kier alpha value is -1.73. The van der Waals surface area contributed by atoms with Crippen LogP contribution >= 0.6 is 0 Å². The van der Waals surface area contributed by atoms with Gasteiger partial charge in [0, 0.05) is 13.1 Å². The number of hydrogen-bond acceptors (Lipinski definition) is 3. The van der Waals surface area contributed by atoms with Crippen molar-refractivity contribution in [3.05, 3.63) is 5.69 Å². The van der Waals surface area contributed by atoms with Crippen molar-refractivity contribution < 1.29 is 13.2 Å². The molecule has 0 saturated carbocycles. The van der Waals surface area contributed by atoms with E-state index in [-0.39, 0.29) is 12.5 Å². The van der Waals surface area contributed by atoms with Crippen LogP contribution in [0.4, 0.5) is 19.0 Å². The summed E-state index contributed by atoms with van der Waals surface area (Å²) in [6.07, 6.45) is -4.31. The number of rotatable bonds is 0. The molecule has 0 aliphatic carbocycles. The molecule has 19 heavy (non-hydrogen) atoms. The van der Waals surface area contributed by atoms with Crippen molar-refractivity contribution in [3.63, 3.8) is 0 Å². The highest BCUT2D eigenvalue weighted by atomic mass is 19.4. The normalized spacial score (nSPS) is 23.5. The molecule has 0 saturated heterocycles. The molecule has 0 spiro atoms. The fraction of sp³-hybridized carbons (Fsp3) is 0.636. The Morgan fingerprint density at radius 3 is 2.63 bits per heavy atom. The van der Waals surface area contributed by atoms with Gasteiger partial charge in [-0.15, -0.1) is 0 Å². The number of aromatic nitrogens is 4. The number of nitrogens with one attached hydrogen (secondary N) is 1. The fourth-order valence-corrected chi connectivity index (χ4v) is 2.67. The van der Waals surface area contributed by atoms with Crippen molar-refractivity contribution >= 4 is 16.9 Å². The summed E-state index contributed by atoms with van der Waals surface area (Å²) < 4.78 is 41.9. The Morgan fingerprint density at radius 2 is 2.00 bits per heavy atom. The van der Waals surface area contributed by atoms with Crippen molar-refractivity contribution in [3.8, 4) is 0 Å². The zero-order valence-electron chi connectivity index (χ0n) is 10.8. The second-order valence-corrected chi connectivity index (χ2v) is 5.04. The van der Waals surface area contributed by atoms with E-state index in [1.165, 1.54) is 4.68 Å². The smallest absolute Gasteiger partial charge is 0.367 e. The lowest BCUT2D eigenvalue weighted by Gasteiger charge is -2.31. The third kappa shape index (κ3) is 1.69. The molecule has 1 aliphatic rings. The molecule has 0 aromatic carbocycles. The first-order valence-electron chi connectivity index (χ1n) is 6.04. The third-order valence-corrected chi connectivity index (χ3v) is 3.49. The summed E-state index contributed by atoms with van der Waals surface area (Å²) in [5.74, 6) is 0.418. The minimum Gasteiger partial charge on any atom is -0.367 e. The molecule has 2 aromatic heterocycles. The Labute approximate surface area is 107 Å². The van der Waals surface area contributed by atoms with Gasteiger partial charge >= 0.3 is 6.18 Å². The number of fused-ring (bicyclic) bond motifs is 3. The van der Waals surface area contributed by atoms with Crippen molar-refractivity contribution in [2.45, 2.75) is 38.5 Å². The monoisotopic (exact) mass is 273 g/mol. The van der Waals surface area contributed by atoms with Crippen LogP contribution in [0.25, 0.3) is 11.0 Å². The van der Waals surface area contributed by atoms with Crippen LogP contribution < -0.4 is 5.32 Å². The van der Waals surface area contributed by atoms with Gasteiger partial charge in [0.05, 0.1) is 11.1 Å². The van der Waals surface area contributed by atoms with E-state index in [1.807, 2.05) is 0 Å². The van der Waals surface area contributed by atoms with Gasteiger partial charge in [-0.05, 0) is 20.3 Å². The van der Waals surface area contributed by atoms with Crippen LogP contribution in [-0.4, -0.2) is 31.8 Å². The molecule has 5 nitrogen and oxygen atoms in total. The molecule has 3 rings (SSSR count). The van der Waals surface area contributed by atoms with Crippen molar-refractivity contribution in [2.75, 3.05) is 5.32 Å². The van der Waals surface area contributed by atoms with Gasteiger partial charge in [-0.3, -0.25) is 0 Å². The highest BCUT2D eigenvalue weighted by Crippen LogP contribution is 2.42. The SMILES string of the molecule is Cc1nn(C)c2nn3c(c12)NC(C)CC3C(F)(F)F. The van der Waals surface area contributed by atoms with Gasteiger partial charge in [0.2, 0.25) is 0 Å². The highest BCUT2D eigenvalue weighted by molar-refractivity contribution is 5.90. The molecule has 1 N–H and O–H groups in total. The van der Waals surface area contributed by atoms with Gasteiger partial charge in [0.25, 0.3) is 0 Å². The molecule has 0 bridgehead atoms. The van der Waals surface area contributed by atoms with Gasteiger partial charge < -0.3 is 5.32 Å². The lowest BCUT2D eigenvalue weighted by molar-refractivity contribution is -0.173. The van der Waals surface area contributed by atoms with Crippen LogP contribution in [0, 0.1) is 6.92 Å². The lowest BCUT2D eigenvalue weighted by atomic mass is 10.1. The number of hydrogen-bond donors (Lipinski definition) is 1. The maximum Gasteiger partial charge on any atom is 0.410 e. The fourth-order valence-electron chi connectivity index (χ4n) is 2.67. The molecule has 2 unspecified atom stereocenters. The van der Waals surface area contributed by atoms with Crippen LogP contribution in [0.5, 0.6) is 0 Å². The van der Waals surface area contributed by atoms with Crippen LogP contribution in [0.1, 0.15) is 25.1 Å². The van der Waals surface area contributed by atoms with Crippen LogP contribution in [0.3, 0.4) is 0 Å². The topological polar surface area (TPSA) is 47.7 Å². The summed E-state index contributed by atoms with van der Waals surface area (Å²) in [5, 5.41) is 12.0. The number of halogens is 3. The molecule has 2 aromatic rings. The van der Waals surface area contributed by atoms with E-state index < -0.39 is 12.2 Å². The number of anilines is 1. The van der Waals surface area contributed by atoms with Crippen molar-refractivity contribution in [1.82, 2.24) is 19.6 Å². The van der Waals surface area contributed by atoms with E-state index in [9.17, 15) is 13.2 Å². The van der Waals surface area contributed by atoms with Gasteiger partial charge in [0.15, 0.2) is 11.7 Å². The summed E-state index contributed by atoms with van der Waals surface area (Å²) in [4.78, 5) is 0. The Bertz CT molecular complexity index is 639. The third-order valence-electron chi connectivity index (χ3n) is 3.49. The maximum atomic E-state index is 13.1. The quantitative estimate of drug-likeness (QED) is 0.801. The minimum atomic E-state index is -4.30. The standard InChI is InChI=1S/C11H14F3N5/c1-5-4-7(11(12,13)14)19-9(15-5)8-6(2)16-18(3)10(8)17-19/h5,7,15H,4H2,1-3H3. The first-order chi connectivity index (χ1) is 8.79. The van der Waals surface area contributed by atoms with Gasteiger partial charge in [-0.25, -0.2) is 9.36 Å². The Morgan fingerprint density at radius 1 is 1.32 bits per heavy atom. The second-order valence-electron chi connectivity index (χ2n) is 5.04. The molecule has 104 valence electrons. The molecular weight excluding hydrogens is 259 g/mol. The summed E-state index contributed by atoms with van der Waals surface area (Å²) in [5.41, 5.74) is 1.16. The highest BCUT2D eigenvalue weighted by Gasteiger charge is 2.46. The lowest BCUT2D eigenvalue weighted by Crippen LogP contribution is -2.38. The minimum absolute atomic E-state index is 0.0169. The van der Waals surface area contributed by atoms with Crippen molar-refractivity contribution in [1.29, 1.82) is 0 Å². The summed E-state index contributed by atoms with van der Waals surface area (Å²) in [7, 11) is 1.68. The van der Waals surface area contributed by atoms with Gasteiger partial charge in [-0.2, -0.15) is 23.4 Å². The number of alkyl halides is 3. The molecule has 0 amide bonds. The molecule has 2 atom stereocenters. The van der Waals surface area contributed by atoms with Gasteiger partial charge in [-0.1, -0.05) is 0 Å². The Kier molecular flexibility index (Phi) is 2.36. The van der Waals surface area contributed by atoms with E-state index in [4.69, 9.17) is 0 Å². The largest absolute Gasteiger partial charge is 0.410 e. The van der Waals surface area contributed by atoms with Crippen LogP contribution in [-0.2, 0) is 7.05 Å². The van der Waals surface area contributed by atoms with Crippen molar-refractivity contribution in [2.24, 2.45) is 7.05 Å². The average Bonchev–Trinajstić information content (AvgIpc) is 2.76. The van der Waals surface area contributed by atoms with E-state index >= 15 is 0 Å². The average molecular weight is 273 g/mol. The van der Waals surface area contributed by atoms with Crippen LogP contribution in [0.15, 0.2) is 0 Å². The first kappa shape index (κ1) is 12.3. The number of nitrogens with zero attached hydrogens (tertiary/aromatic N) is 4. The number of aryl methyl sites for hydroxylation is 2. The molecule has 0 fully saturated rings. The van der Waals surface area contributed by atoms with Crippen LogP contribution in [0.2, 0.25) is 0 Å². The zero-order valence-corrected chi connectivity index (χ0v) is 10.8. The molecule has 8 heteroatoms. The van der Waals surface area contributed by atoms with E-state index in [2.05, 4.69) is 15.5 Å².